The maximum atomic E-state index is 11.9. The van der Waals surface area contributed by atoms with Gasteiger partial charge in [-0.15, -0.1) is 0 Å². The van der Waals surface area contributed by atoms with Gasteiger partial charge in [-0.1, -0.05) is 50.6 Å². The minimum Gasteiger partial charge on any atom is -0.383 e. The fourth-order valence-electron chi connectivity index (χ4n) is 6.24. The van der Waals surface area contributed by atoms with Crippen molar-refractivity contribution in [3.8, 4) is 0 Å². The van der Waals surface area contributed by atoms with Crippen LogP contribution in [0.15, 0.2) is 30.5 Å². The smallest absolute Gasteiger partial charge is 0.165 e. The number of carbonyl (C=O) groups excluding carboxylic acids is 1. The molecular weight excluding hydrogens is 432 g/mol. The summed E-state index contributed by atoms with van der Waals surface area (Å²) in [6.45, 7) is 8.17. The maximum Gasteiger partial charge on any atom is 0.165 e. The molecule has 1 saturated carbocycles. The highest BCUT2D eigenvalue weighted by molar-refractivity contribution is 5.88. The zero-order valence-electron chi connectivity index (χ0n) is 21.6. The number of nitrogen functional groups attached to an aromatic ring is 1. The minimum atomic E-state index is 0.149. The van der Waals surface area contributed by atoms with Crippen LogP contribution in [0.2, 0.25) is 0 Å². The molecule has 184 valence electrons. The quantitative estimate of drug-likeness (QED) is 0.454. The zero-order valence-corrected chi connectivity index (χ0v) is 21.6. The van der Waals surface area contributed by atoms with Gasteiger partial charge in [-0.3, -0.25) is 4.79 Å². The largest absolute Gasteiger partial charge is 0.383 e. The van der Waals surface area contributed by atoms with Crippen molar-refractivity contribution in [1.82, 2.24) is 14.6 Å². The molecule has 5 rings (SSSR count). The monoisotopic (exact) mass is 470 g/mol. The molecule has 5 nitrogen and oxygen atoms in total. The Bertz CT molecular complexity index is 1280. The third-order valence-corrected chi connectivity index (χ3v) is 8.80. The molecule has 0 aliphatic heterocycles. The van der Waals surface area contributed by atoms with E-state index in [-0.39, 0.29) is 5.92 Å². The number of nitrogens with two attached hydrogens (primary N) is 1. The van der Waals surface area contributed by atoms with Gasteiger partial charge in [0.25, 0.3) is 0 Å². The van der Waals surface area contributed by atoms with Crippen molar-refractivity contribution in [1.29, 1.82) is 0 Å². The van der Waals surface area contributed by atoms with E-state index in [1.807, 2.05) is 10.7 Å². The lowest BCUT2D eigenvalue weighted by Gasteiger charge is -2.31. The van der Waals surface area contributed by atoms with Gasteiger partial charge in [0.2, 0.25) is 0 Å². The number of hydrogen-bond acceptors (Lipinski definition) is 4. The standard InChI is InChI=1S/C30H38N4O/c1-5-21-14-24-8-6-7-9-25(24)16-26(15-21)27-17-32-34-29(31)19(3)28(33-30(27)34)23-12-10-22(11-13-23)18(2)20(4)35/h6-9,16-18,21-23H,5,10-15,31H2,1-4H3. The molecule has 2 aliphatic carbocycles. The third kappa shape index (κ3) is 4.41. The molecule has 0 bridgehead atoms. The number of rotatable bonds is 5. The number of Topliss-reactive ketones (excluding diaryl/α,β-unsaturated/α-hetero) is 1. The summed E-state index contributed by atoms with van der Waals surface area (Å²) >= 11 is 0. The molecule has 2 atom stereocenters. The van der Waals surface area contributed by atoms with Gasteiger partial charge in [-0.2, -0.15) is 9.61 Å². The number of carbonyl (C=O) groups is 1. The normalized spacial score (nSPS) is 23.4. The van der Waals surface area contributed by atoms with Crippen LogP contribution in [0.4, 0.5) is 5.82 Å². The molecule has 1 aromatic carbocycles. The van der Waals surface area contributed by atoms with Crippen molar-refractivity contribution in [2.24, 2.45) is 17.8 Å². The molecule has 0 spiro atoms. The summed E-state index contributed by atoms with van der Waals surface area (Å²) in [7, 11) is 0. The molecule has 0 radical (unpaired) electrons. The number of benzene rings is 1. The van der Waals surface area contributed by atoms with E-state index in [2.05, 4.69) is 56.2 Å². The molecule has 2 unspecified atom stereocenters. The van der Waals surface area contributed by atoms with Gasteiger partial charge in [0.05, 0.1) is 11.9 Å². The molecule has 5 heteroatoms. The van der Waals surface area contributed by atoms with Gasteiger partial charge < -0.3 is 5.73 Å². The zero-order chi connectivity index (χ0) is 24.7. The summed E-state index contributed by atoms with van der Waals surface area (Å²) in [6, 6.07) is 8.74. The van der Waals surface area contributed by atoms with E-state index in [4.69, 9.17) is 10.7 Å². The van der Waals surface area contributed by atoms with Gasteiger partial charge in [0.1, 0.15) is 11.6 Å². The number of hydrogen-bond donors (Lipinski definition) is 1. The number of allylic oxidation sites excluding steroid dienone is 1. The maximum absolute atomic E-state index is 11.9. The first-order chi connectivity index (χ1) is 16.9. The van der Waals surface area contributed by atoms with Crippen molar-refractivity contribution in [3.05, 3.63) is 58.4 Å². The molecule has 2 N–H and O–H groups in total. The summed E-state index contributed by atoms with van der Waals surface area (Å²) < 4.78 is 1.83. The number of aromatic nitrogens is 3. The number of anilines is 1. The summed E-state index contributed by atoms with van der Waals surface area (Å²) in [5.74, 6) is 2.61. The average Bonchev–Trinajstić information content (AvgIpc) is 3.20. The summed E-state index contributed by atoms with van der Waals surface area (Å²) in [5.41, 5.74) is 14.8. The Balaban J connectivity index is 1.52. The van der Waals surface area contributed by atoms with Crippen molar-refractivity contribution in [3.63, 3.8) is 0 Å². The van der Waals surface area contributed by atoms with E-state index in [0.717, 1.165) is 67.4 Å². The van der Waals surface area contributed by atoms with E-state index in [1.54, 1.807) is 6.92 Å². The molecule has 0 saturated heterocycles. The van der Waals surface area contributed by atoms with Crippen molar-refractivity contribution in [2.45, 2.75) is 78.6 Å². The Hall–Kier alpha value is -2.95. The summed E-state index contributed by atoms with van der Waals surface area (Å²) in [4.78, 5) is 17.1. The first-order valence-corrected chi connectivity index (χ1v) is 13.3. The molecule has 35 heavy (non-hydrogen) atoms. The van der Waals surface area contributed by atoms with Crippen LogP contribution < -0.4 is 5.73 Å². The predicted molar refractivity (Wildman–Crippen MR) is 143 cm³/mol. The van der Waals surface area contributed by atoms with Crippen molar-refractivity contribution < 1.29 is 4.79 Å². The molecule has 2 aliphatic rings. The van der Waals surface area contributed by atoms with Crippen LogP contribution >= 0.6 is 0 Å². The van der Waals surface area contributed by atoms with Crippen LogP contribution in [0.5, 0.6) is 0 Å². The topological polar surface area (TPSA) is 73.3 Å². The summed E-state index contributed by atoms with van der Waals surface area (Å²) in [6.07, 6.45) is 11.8. The highest BCUT2D eigenvalue weighted by atomic mass is 16.1. The van der Waals surface area contributed by atoms with Crippen LogP contribution in [0, 0.1) is 24.7 Å². The second-order valence-corrected chi connectivity index (χ2v) is 10.9. The molecule has 1 fully saturated rings. The van der Waals surface area contributed by atoms with E-state index < -0.39 is 0 Å². The average molecular weight is 471 g/mol. The molecular formula is C30H38N4O. The predicted octanol–water partition coefficient (Wildman–Crippen LogP) is 6.63. The van der Waals surface area contributed by atoms with Gasteiger partial charge in [0, 0.05) is 23.0 Å². The SMILES string of the molecule is CCC1CC(c2cnn3c(N)c(C)c(C4CCC(C(C)C(C)=O)CC4)nc23)=Cc2ccccc2C1. The third-order valence-electron chi connectivity index (χ3n) is 8.80. The Morgan fingerprint density at radius 1 is 1.17 bits per heavy atom. The van der Waals surface area contributed by atoms with Gasteiger partial charge in [-0.25, -0.2) is 4.98 Å². The number of ketones is 1. The Morgan fingerprint density at radius 2 is 1.91 bits per heavy atom. The second-order valence-electron chi connectivity index (χ2n) is 10.9. The fourth-order valence-corrected chi connectivity index (χ4v) is 6.24. The van der Waals surface area contributed by atoms with E-state index >= 15 is 0 Å². The van der Waals surface area contributed by atoms with Crippen LogP contribution in [0.3, 0.4) is 0 Å². The van der Waals surface area contributed by atoms with Crippen LogP contribution in [-0.4, -0.2) is 20.4 Å². The van der Waals surface area contributed by atoms with Crippen molar-refractivity contribution in [2.75, 3.05) is 5.73 Å². The lowest BCUT2D eigenvalue weighted by atomic mass is 9.74. The Morgan fingerprint density at radius 3 is 2.63 bits per heavy atom. The Labute approximate surface area is 208 Å². The fraction of sp³-hybridized carbons (Fsp3) is 0.500. The molecule has 2 aromatic heterocycles. The van der Waals surface area contributed by atoms with Crippen LogP contribution in [0.1, 0.15) is 93.2 Å². The van der Waals surface area contributed by atoms with Gasteiger partial charge >= 0.3 is 0 Å². The van der Waals surface area contributed by atoms with Gasteiger partial charge in [0.15, 0.2) is 5.65 Å². The first kappa shape index (κ1) is 23.8. The van der Waals surface area contributed by atoms with E-state index in [9.17, 15) is 4.79 Å². The second kappa shape index (κ2) is 9.60. The number of nitrogens with zero attached hydrogens (tertiary/aromatic N) is 3. The molecule has 2 heterocycles. The van der Waals surface area contributed by atoms with Crippen LogP contribution in [-0.2, 0) is 11.2 Å². The molecule has 0 amide bonds. The van der Waals surface area contributed by atoms with E-state index in [1.165, 1.54) is 16.7 Å². The minimum absolute atomic E-state index is 0.149. The molecule has 3 aromatic rings. The van der Waals surface area contributed by atoms with E-state index in [0.29, 0.717) is 29.4 Å². The number of fused-ring (bicyclic) bond motifs is 2. The Kier molecular flexibility index (Phi) is 6.52. The lowest BCUT2D eigenvalue weighted by Crippen LogP contribution is -2.24. The lowest BCUT2D eigenvalue weighted by molar-refractivity contribution is -0.122. The first-order valence-electron chi connectivity index (χ1n) is 13.3. The van der Waals surface area contributed by atoms with Crippen LogP contribution in [0.25, 0.3) is 17.3 Å². The highest BCUT2D eigenvalue weighted by Crippen LogP contribution is 2.41. The highest BCUT2D eigenvalue weighted by Gasteiger charge is 2.31. The van der Waals surface area contributed by atoms with Crippen molar-refractivity contribution >= 4 is 28.9 Å². The van der Waals surface area contributed by atoms with Gasteiger partial charge in [-0.05, 0) is 80.9 Å². The summed E-state index contributed by atoms with van der Waals surface area (Å²) in [5, 5.41) is 4.68.